The molecule has 2 heterocycles. The summed E-state index contributed by atoms with van der Waals surface area (Å²) in [6.45, 7) is 4.33. The van der Waals surface area contributed by atoms with Gasteiger partial charge in [0.2, 0.25) is 15.9 Å². The van der Waals surface area contributed by atoms with Crippen LogP contribution in [0.15, 0.2) is 39.8 Å². The first kappa shape index (κ1) is 22.4. The Bertz CT molecular complexity index is 889. The van der Waals surface area contributed by atoms with Crippen LogP contribution in [0.2, 0.25) is 0 Å². The highest BCUT2D eigenvalue weighted by Crippen LogP contribution is 2.24. The van der Waals surface area contributed by atoms with Crippen LogP contribution in [0.4, 0.5) is 0 Å². The molecule has 0 radical (unpaired) electrons. The van der Waals surface area contributed by atoms with Crippen LogP contribution in [0.1, 0.15) is 29.5 Å². The number of amides is 1. The molecule has 3 rings (SSSR count). The third-order valence-corrected chi connectivity index (χ3v) is 6.92. The van der Waals surface area contributed by atoms with Crippen molar-refractivity contribution in [2.75, 3.05) is 26.2 Å². The monoisotopic (exact) mass is 428 g/mol. The Morgan fingerprint density at radius 3 is 2.32 bits per heavy atom. The predicted molar refractivity (Wildman–Crippen MR) is 107 cm³/mol. The zero-order valence-electron chi connectivity index (χ0n) is 15.9. The zero-order chi connectivity index (χ0) is 19.6. The summed E-state index contributed by atoms with van der Waals surface area (Å²) < 4.78 is 32.0. The fourth-order valence-corrected chi connectivity index (χ4v) is 5.00. The van der Waals surface area contributed by atoms with Crippen molar-refractivity contribution >= 4 is 28.3 Å². The number of nitrogens with zero attached hydrogens (tertiary/aromatic N) is 3. The molecule has 0 bridgehead atoms. The van der Waals surface area contributed by atoms with Crippen molar-refractivity contribution in [3.63, 3.8) is 0 Å². The Morgan fingerprint density at radius 1 is 1.18 bits per heavy atom. The molecule has 28 heavy (non-hydrogen) atoms. The number of piperazine rings is 1. The van der Waals surface area contributed by atoms with Crippen LogP contribution in [0.25, 0.3) is 0 Å². The molecule has 1 aromatic carbocycles. The quantitative estimate of drug-likeness (QED) is 0.775. The van der Waals surface area contributed by atoms with Crippen LogP contribution in [-0.2, 0) is 14.8 Å². The minimum absolute atomic E-state index is 0. The Hall–Kier alpha value is -1.94. The lowest BCUT2D eigenvalue weighted by Crippen LogP contribution is -2.51. The average molecular weight is 429 g/mol. The highest BCUT2D eigenvalue weighted by atomic mass is 35.5. The van der Waals surface area contributed by atoms with E-state index in [1.807, 2.05) is 30.3 Å². The van der Waals surface area contributed by atoms with E-state index in [9.17, 15) is 13.2 Å². The van der Waals surface area contributed by atoms with E-state index in [1.165, 1.54) is 4.31 Å². The van der Waals surface area contributed by atoms with Gasteiger partial charge in [-0.25, -0.2) is 8.42 Å². The lowest BCUT2D eigenvalue weighted by atomic mass is 10.0. The molecule has 0 saturated carbocycles. The van der Waals surface area contributed by atoms with Gasteiger partial charge in [0.05, 0.1) is 0 Å². The molecule has 1 atom stereocenters. The molecule has 154 valence electrons. The topological polar surface area (TPSA) is 110 Å². The zero-order valence-corrected chi connectivity index (χ0v) is 17.5. The fourth-order valence-electron chi connectivity index (χ4n) is 3.29. The fraction of sp³-hybridized carbons (Fsp3) is 0.444. The first-order valence-corrected chi connectivity index (χ1v) is 10.3. The second kappa shape index (κ2) is 9.04. The van der Waals surface area contributed by atoms with E-state index >= 15 is 0 Å². The van der Waals surface area contributed by atoms with Gasteiger partial charge in [0.15, 0.2) is 5.76 Å². The molecule has 1 aliphatic heterocycles. The largest absolute Gasteiger partial charge is 0.360 e. The highest BCUT2D eigenvalue weighted by Gasteiger charge is 2.34. The van der Waals surface area contributed by atoms with Crippen LogP contribution in [0.5, 0.6) is 0 Å². The van der Waals surface area contributed by atoms with Crippen LogP contribution in [0, 0.1) is 13.8 Å². The molecular formula is C18H25ClN4O4S. The molecule has 2 aromatic rings. The molecule has 0 aliphatic carbocycles. The molecule has 1 amide bonds. The van der Waals surface area contributed by atoms with Gasteiger partial charge in [-0.2, -0.15) is 4.31 Å². The van der Waals surface area contributed by atoms with E-state index in [1.54, 1.807) is 18.7 Å². The van der Waals surface area contributed by atoms with E-state index in [4.69, 9.17) is 10.3 Å². The summed E-state index contributed by atoms with van der Waals surface area (Å²) in [5.74, 6) is 0.209. The molecule has 2 N–H and O–H groups in total. The standard InChI is InChI=1S/C18H24N4O4S.ClH/c1-13-18(14(2)26-20-13)27(24,25)22-10-8-21(9-11-22)17(23)12-16(19)15-6-4-3-5-7-15;/h3-7,16H,8-12,19H2,1-2H3;1H. The molecule has 1 unspecified atom stereocenters. The van der Waals surface area contributed by atoms with E-state index in [0.717, 1.165) is 5.56 Å². The number of hydrogen-bond acceptors (Lipinski definition) is 6. The van der Waals surface area contributed by atoms with Crippen LogP contribution in [-0.4, -0.2) is 54.9 Å². The third-order valence-electron chi connectivity index (χ3n) is 4.78. The van der Waals surface area contributed by atoms with Gasteiger partial charge in [-0.05, 0) is 19.4 Å². The van der Waals surface area contributed by atoms with Crippen LogP contribution < -0.4 is 5.73 Å². The third kappa shape index (κ3) is 4.54. The van der Waals surface area contributed by atoms with E-state index in [-0.39, 0.29) is 54.5 Å². The van der Waals surface area contributed by atoms with Gasteiger partial charge in [-0.1, -0.05) is 35.5 Å². The smallest absolute Gasteiger partial charge is 0.248 e. The van der Waals surface area contributed by atoms with E-state index in [2.05, 4.69) is 5.16 Å². The number of benzene rings is 1. The van der Waals surface area contributed by atoms with Crippen molar-refractivity contribution in [2.24, 2.45) is 5.73 Å². The lowest BCUT2D eigenvalue weighted by Gasteiger charge is -2.34. The van der Waals surface area contributed by atoms with Crippen molar-refractivity contribution in [1.29, 1.82) is 0 Å². The molecule has 1 saturated heterocycles. The molecule has 1 aliphatic rings. The number of sulfonamides is 1. The molecule has 1 fully saturated rings. The van der Waals surface area contributed by atoms with Crippen molar-refractivity contribution in [3.05, 3.63) is 47.3 Å². The number of rotatable bonds is 5. The Labute approximate surface area is 171 Å². The van der Waals surface area contributed by atoms with E-state index in [0.29, 0.717) is 18.8 Å². The summed E-state index contributed by atoms with van der Waals surface area (Å²) >= 11 is 0. The average Bonchev–Trinajstić information content (AvgIpc) is 3.01. The Balaban J connectivity index is 0.00000280. The Morgan fingerprint density at radius 2 is 1.79 bits per heavy atom. The number of halogens is 1. The Kier molecular flexibility index (Phi) is 7.22. The van der Waals surface area contributed by atoms with E-state index < -0.39 is 10.0 Å². The van der Waals surface area contributed by atoms with Crippen molar-refractivity contribution in [2.45, 2.75) is 31.2 Å². The number of hydrogen-bond donors (Lipinski definition) is 1. The lowest BCUT2D eigenvalue weighted by molar-refractivity contribution is -0.132. The van der Waals surface area contributed by atoms with Gasteiger partial charge >= 0.3 is 0 Å². The van der Waals surface area contributed by atoms with Gasteiger partial charge in [-0.3, -0.25) is 4.79 Å². The summed E-state index contributed by atoms with van der Waals surface area (Å²) in [5.41, 5.74) is 7.38. The maximum absolute atomic E-state index is 12.8. The molecule has 8 nitrogen and oxygen atoms in total. The number of carbonyl (C=O) groups excluding carboxylic acids is 1. The van der Waals surface area contributed by atoms with Gasteiger partial charge in [-0.15, -0.1) is 12.4 Å². The summed E-state index contributed by atoms with van der Waals surface area (Å²) in [5, 5.41) is 3.72. The number of aryl methyl sites for hydroxylation is 2. The van der Waals surface area contributed by atoms with Gasteiger partial charge in [0.1, 0.15) is 10.6 Å². The summed E-state index contributed by atoms with van der Waals surface area (Å²) in [7, 11) is -3.68. The van der Waals surface area contributed by atoms with Gasteiger partial charge in [0, 0.05) is 38.6 Å². The SMILES string of the molecule is Cc1noc(C)c1S(=O)(=O)N1CCN(C(=O)CC(N)c2ccccc2)CC1.Cl. The van der Waals surface area contributed by atoms with Crippen LogP contribution >= 0.6 is 12.4 Å². The minimum Gasteiger partial charge on any atom is -0.360 e. The normalized spacial score (nSPS) is 16.5. The van der Waals surface area contributed by atoms with Crippen molar-refractivity contribution in [1.82, 2.24) is 14.4 Å². The van der Waals surface area contributed by atoms with Crippen molar-refractivity contribution in [3.8, 4) is 0 Å². The molecule has 1 aromatic heterocycles. The second-order valence-corrected chi connectivity index (χ2v) is 8.53. The summed E-state index contributed by atoms with van der Waals surface area (Å²) in [6.07, 6.45) is 0.195. The van der Waals surface area contributed by atoms with Gasteiger partial charge in [0.25, 0.3) is 0 Å². The van der Waals surface area contributed by atoms with Crippen LogP contribution in [0.3, 0.4) is 0 Å². The second-order valence-electron chi connectivity index (χ2n) is 6.66. The summed E-state index contributed by atoms with van der Waals surface area (Å²) in [6, 6.07) is 9.09. The summed E-state index contributed by atoms with van der Waals surface area (Å²) in [4.78, 5) is 14.3. The maximum Gasteiger partial charge on any atom is 0.248 e. The molecule has 0 spiro atoms. The molecule has 10 heteroatoms. The number of carbonyl (C=O) groups is 1. The maximum atomic E-state index is 12.8. The molecular weight excluding hydrogens is 404 g/mol. The first-order chi connectivity index (χ1) is 12.8. The predicted octanol–water partition coefficient (Wildman–Crippen LogP) is 1.64. The van der Waals surface area contributed by atoms with Crippen molar-refractivity contribution < 1.29 is 17.7 Å². The van der Waals surface area contributed by atoms with Gasteiger partial charge < -0.3 is 15.2 Å². The highest BCUT2D eigenvalue weighted by molar-refractivity contribution is 7.89. The number of aromatic nitrogens is 1. The minimum atomic E-state index is -3.68. The first-order valence-electron chi connectivity index (χ1n) is 8.82. The number of nitrogens with two attached hydrogens (primary N) is 1.